The largest absolute Gasteiger partial charge is 0.482 e. The zero-order chi connectivity index (χ0) is 14.5. The van der Waals surface area contributed by atoms with Gasteiger partial charge >= 0.3 is 5.97 Å². The van der Waals surface area contributed by atoms with Gasteiger partial charge in [0.1, 0.15) is 11.5 Å². The number of hydrogen-bond acceptors (Lipinski definition) is 3. The van der Waals surface area contributed by atoms with Crippen LogP contribution in [0.2, 0.25) is 10.0 Å². The Morgan fingerprint density at radius 1 is 1.15 bits per heavy atom. The van der Waals surface area contributed by atoms with Gasteiger partial charge in [-0.2, -0.15) is 0 Å². The molecule has 0 heterocycles. The van der Waals surface area contributed by atoms with Crippen LogP contribution in [0, 0.1) is 6.92 Å². The quantitative estimate of drug-likeness (QED) is 0.624. The zero-order valence-electron chi connectivity index (χ0n) is 10.7. The third-order valence-electron chi connectivity index (χ3n) is 2.46. The van der Waals surface area contributed by atoms with E-state index >= 15 is 0 Å². The maximum absolute atomic E-state index is 11.7. The molecule has 0 spiro atoms. The minimum atomic E-state index is -0.532. The summed E-state index contributed by atoms with van der Waals surface area (Å²) in [6.07, 6.45) is 0. The molecule has 0 atom stereocenters. The van der Waals surface area contributed by atoms with Crippen molar-refractivity contribution < 1.29 is 14.3 Å². The third-order valence-corrected chi connectivity index (χ3v) is 2.99. The molecule has 0 aliphatic rings. The van der Waals surface area contributed by atoms with Crippen LogP contribution >= 0.6 is 23.2 Å². The van der Waals surface area contributed by atoms with Gasteiger partial charge in [0.25, 0.3) is 0 Å². The summed E-state index contributed by atoms with van der Waals surface area (Å²) < 4.78 is 10.4. The fourth-order valence-electron chi connectivity index (χ4n) is 1.56. The number of ether oxygens (including phenoxy) is 2. The van der Waals surface area contributed by atoms with Crippen LogP contribution in [0.1, 0.15) is 5.56 Å². The van der Waals surface area contributed by atoms with Gasteiger partial charge in [-0.15, -0.1) is 0 Å². The Morgan fingerprint density at radius 3 is 2.65 bits per heavy atom. The van der Waals surface area contributed by atoms with E-state index in [1.54, 1.807) is 12.1 Å². The van der Waals surface area contributed by atoms with E-state index in [1.165, 1.54) is 12.1 Å². The number of halogens is 2. The van der Waals surface area contributed by atoms with Crippen LogP contribution in [0.25, 0.3) is 0 Å². The number of benzene rings is 2. The first-order chi connectivity index (χ1) is 9.54. The molecule has 0 amide bonds. The summed E-state index contributed by atoms with van der Waals surface area (Å²) in [5, 5.41) is 0.757. The highest BCUT2D eigenvalue weighted by Gasteiger charge is 2.09. The molecule has 20 heavy (non-hydrogen) atoms. The fraction of sp³-hybridized carbons (Fsp3) is 0.133. The molecule has 0 fully saturated rings. The molecule has 0 N–H and O–H groups in total. The van der Waals surface area contributed by atoms with Gasteiger partial charge in [0.15, 0.2) is 6.61 Å². The summed E-state index contributed by atoms with van der Waals surface area (Å²) >= 11 is 11.7. The summed E-state index contributed by atoms with van der Waals surface area (Å²) in [7, 11) is 0. The Labute approximate surface area is 127 Å². The van der Waals surface area contributed by atoms with E-state index in [0.717, 1.165) is 5.56 Å². The number of esters is 1. The van der Waals surface area contributed by atoms with Gasteiger partial charge in [-0.1, -0.05) is 35.3 Å². The molecule has 104 valence electrons. The predicted octanol–water partition coefficient (Wildman–Crippen LogP) is 4.29. The summed E-state index contributed by atoms with van der Waals surface area (Å²) in [6, 6.07) is 12.0. The molecule has 0 saturated carbocycles. The van der Waals surface area contributed by atoms with Crippen LogP contribution in [0.5, 0.6) is 11.5 Å². The Balaban J connectivity index is 1.92. The van der Waals surface area contributed by atoms with Crippen molar-refractivity contribution in [3.63, 3.8) is 0 Å². The minimum absolute atomic E-state index is 0.192. The van der Waals surface area contributed by atoms with Crippen molar-refractivity contribution in [3.8, 4) is 11.5 Å². The van der Waals surface area contributed by atoms with Crippen LogP contribution in [0.3, 0.4) is 0 Å². The lowest BCUT2D eigenvalue weighted by Gasteiger charge is -2.08. The monoisotopic (exact) mass is 310 g/mol. The minimum Gasteiger partial charge on any atom is -0.482 e. The Morgan fingerprint density at radius 2 is 1.95 bits per heavy atom. The molecule has 3 nitrogen and oxygen atoms in total. The molecule has 0 unspecified atom stereocenters. The maximum atomic E-state index is 11.7. The summed E-state index contributed by atoms with van der Waals surface area (Å²) in [6.45, 7) is 1.75. The second-order valence-electron chi connectivity index (χ2n) is 4.15. The lowest BCUT2D eigenvalue weighted by molar-refractivity contribution is -0.136. The highest BCUT2D eigenvalue weighted by Crippen LogP contribution is 2.27. The van der Waals surface area contributed by atoms with Crippen LogP contribution in [-0.4, -0.2) is 12.6 Å². The molecular formula is C15H12Cl2O3. The first-order valence-electron chi connectivity index (χ1n) is 5.90. The number of hydrogen-bond donors (Lipinski definition) is 0. The van der Waals surface area contributed by atoms with Gasteiger partial charge in [-0.25, -0.2) is 4.79 Å². The molecule has 0 bridgehead atoms. The molecule has 2 aromatic carbocycles. The van der Waals surface area contributed by atoms with E-state index in [0.29, 0.717) is 10.8 Å². The first-order valence-corrected chi connectivity index (χ1v) is 6.65. The molecule has 5 heteroatoms. The van der Waals surface area contributed by atoms with E-state index in [-0.39, 0.29) is 17.4 Å². The second-order valence-corrected chi connectivity index (χ2v) is 5.00. The van der Waals surface area contributed by atoms with Crippen molar-refractivity contribution in [1.29, 1.82) is 0 Å². The van der Waals surface area contributed by atoms with E-state index in [9.17, 15) is 4.79 Å². The number of carbonyl (C=O) groups is 1. The van der Waals surface area contributed by atoms with Crippen molar-refractivity contribution in [2.45, 2.75) is 6.92 Å². The molecule has 0 aromatic heterocycles. The van der Waals surface area contributed by atoms with Crippen molar-refractivity contribution in [1.82, 2.24) is 0 Å². The van der Waals surface area contributed by atoms with Crippen LogP contribution in [-0.2, 0) is 4.79 Å². The van der Waals surface area contributed by atoms with E-state index < -0.39 is 5.97 Å². The number of rotatable bonds is 4. The number of aryl methyl sites for hydroxylation is 1. The van der Waals surface area contributed by atoms with Crippen LogP contribution in [0.4, 0.5) is 0 Å². The van der Waals surface area contributed by atoms with Crippen molar-refractivity contribution in [2.24, 2.45) is 0 Å². The summed E-state index contributed by atoms with van der Waals surface area (Å²) in [5.41, 5.74) is 1.05. The lowest BCUT2D eigenvalue weighted by Crippen LogP contribution is -2.17. The van der Waals surface area contributed by atoms with Gasteiger partial charge in [-0.05, 0) is 42.8 Å². The SMILES string of the molecule is Cc1cccc(OCC(=O)Oc2ccc(Cl)cc2Cl)c1. The fourth-order valence-corrected chi connectivity index (χ4v) is 2.00. The molecule has 0 aliphatic heterocycles. The molecule has 0 aliphatic carbocycles. The van der Waals surface area contributed by atoms with Crippen LogP contribution in [0.15, 0.2) is 42.5 Å². The van der Waals surface area contributed by atoms with Crippen molar-refractivity contribution in [3.05, 3.63) is 58.1 Å². The third kappa shape index (κ3) is 4.15. The molecule has 0 radical (unpaired) electrons. The smallest absolute Gasteiger partial charge is 0.349 e. The molecular weight excluding hydrogens is 299 g/mol. The van der Waals surface area contributed by atoms with Crippen molar-refractivity contribution >= 4 is 29.2 Å². The summed E-state index contributed by atoms with van der Waals surface area (Å²) in [5.74, 6) is 0.341. The first kappa shape index (κ1) is 14.7. The predicted molar refractivity (Wildman–Crippen MR) is 78.8 cm³/mol. The van der Waals surface area contributed by atoms with Gasteiger partial charge in [0.05, 0.1) is 5.02 Å². The van der Waals surface area contributed by atoms with Crippen LogP contribution < -0.4 is 9.47 Å². The highest BCUT2D eigenvalue weighted by atomic mass is 35.5. The normalized spacial score (nSPS) is 10.2. The van der Waals surface area contributed by atoms with Gasteiger partial charge in [0, 0.05) is 5.02 Å². The second kappa shape index (κ2) is 6.64. The van der Waals surface area contributed by atoms with E-state index in [1.807, 2.05) is 25.1 Å². The Hall–Kier alpha value is -1.71. The number of carbonyl (C=O) groups excluding carboxylic acids is 1. The van der Waals surface area contributed by atoms with Crippen molar-refractivity contribution in [2.75, 3.05) is 6.61 Å². The maximum Gasteiger partial charge on any atom is 0.349 e. The molecule has 2 rings (SSSR count). The van der Waals surface area contributed by atoms with E-state index in [2.05, 4.69) is 0 Å². The zero-order valence-corrected chi connectivity index (χ0v) is 12.2. The topological polar surface area (TPSA) is 35.5 Å². The standard InChI is InChI=1S/C15H12Cl2O3/c1-10-3-2-4-12(7-10)19-9-15(18)20-14-6-5-11(16)8-13(14)17/h2-8H,9H2,1H3. The molecule has 0 saturated heterocycles. The Kier molecular flexibility index (Phi) is 4.88. The van der Waals surface area contributed by atoms with E-state index in [4.69, 9.17) is 32.7 Å². The Bertz CT molecular complexity index is 626. The highest BCUT2D eigenvalue weighted by molar-refractivity contribution is 6.35. The average molecular weight is 311 g/mol. The summed E-state index contributed by atoms with van der Waals surface area (Å²) in [4.78, 5) is 11.7. The van der Waals surface area contributed by atoms with Gasteiger partial charge < -0.3 is 9.47 Å². The van der Waals surface area contributed by atoms with Gasteiger partial charge in [-0.3, -0.25) is 0 Å². The molecule has 2 aromatic rings. The average Bonchev–Trinajstić information content (AvgIpc) is 2.40. The lowest BCUT2D eigenvalue weighted by atomic mass is 10.2. The van der Waals surface area contributed by atoms with Gasteiger partial charge in [0.2, 0.25) is 0 Å².